The molecule has 1 aromatic rings. The van der Waals surface area contributed by atoms with E-state index in [4.69, 9.17) is 5.73 Å². The molecule has 0 bridgehead atoms. The summed E-state index contributed by atoms with van der Waals surface area (Å²) in [6.07, 6.45) is 0. The number of nitrogens with two attached hydrogens (primary N) is 1. The van der Waals surface area contributed by atoms with Gasteiger partial charge in [-0.25, -0.2) is 0 Å². The fraction of sp³-hybridized carbons (Fsp3) is 0.500. The molecule has 0 aliphatic heterocycles. The van der Waals surface area contributed by atoms with Crippen molar-refractivity contribution in [3.05, 3.63) is 29.3 Å². The molecule has 0 heterocycles. The van der Waals surface area contributed by atoms with Crippen LogP contribution in [0.2, 0.25) is 0 Å². The fourth-order valence-electron chi connectivity index (χ4n) is 1.82. The van der Waals surface area contributed by atoms with E-state index < -0.39 is 5.60 Å². The zero-order valence-corrected chi connectivity index (χ0v) is 11.5. The molecule has 100 valence electrons. The number of anilines is 1. The van der Waals surface area contributed by atoms with Crippen molar-refractivity contribution in [2.45, 2.75) is 33.3 Å². The van der Waals surface area contributed by atoms with E-state index in [1.165, 1.54) is 0 Å². The van der Waals surface area contributed by atoms with Gasteiger partial charge in [-0.2, -0.15) is 0 Å². The molecule has 3 N–H and O–H groups in total. The summed E-state index contributed by atoms with van der Waals surface area (Å²) in [7, 11) is 0. The average Bonchev–Trinajstić information content (AvgIpc) is 2.27. The van der Waals surface area contributed by atoms with Crippen LogP contribution >= 0.6 is 0 Å². The van der Waals surface area contributed by atoms with E-state index in [-0.39, 0.29) is 12.5 Å². The lowest BCUT2D eigenvalue weighted by molar-refractivity contribution is 0.0315. The number of amides is 1. The number of aryl methyl sites for hydroxylation is 1. The Hall–Kier alpha value is -1.55. The van der Waals surface area contributed by atoms with Crippen molar-refractivity contribution >= 4 is 11.6 Å². The van der Waals surface area contributed by atoms with Crippen LogP contribution in [0, 0.1) is 6.92 Å². The van der Waals surface area contributed by atoms with Crippen molar-refractivity contribution in [1.29, 1.82) is 0 Å². The number of hydrogen-bond donors (Lipinski definition) is 2. The van der Waals surface area contributed by atoms with Crippen LogP contribution in [0.3, 0.4) is 0 Å². The molecule has 0 saturated carbocycles. The van der Waals surface area contributed by atoms with Crippen LogP contribution in [0.1, 0.15) is 36.7 Å². The normalized spacial score (nSPS) is 11.4. The molecule has 4 heteroatoms. The van der Waals surface area contributed by atoms with E-state index in [2.05, 4.69) is 0 Å². The third kappa shape index (κ3) is 3.74. The molecule has 0 unspecified atom stereocenters. The number of hydrogen-bond acceptors (Lipinski definition) is 3. The van der Waals surface area contributed by atoms with Gasteiger partial charge in [0.2, 0.25) is 0 Å². The Morgan fingerprint density at radius 1 is 1.44 bits per heavy atom. The van der Waals surface area contributed by atoms with Gasteiger partial charge in [-0.3, -0.25) is 4.79 Å². The molecule has 0 aliphatic carbocycles. The van der Waals surface area contributed by atoms with Gasteiger partial charge in [0.15, 0.2) is 0 Å². The molecule has 0 radical (unpaired) electrons. The van der Waals surface area contributed by atoms with Crippen molar-refractivity contribution < 1.29 is 9.90 Å². The second kappa shape index (κ2) is 5.40. The van der Waals surface area contributed by atoms with E-state index in [0.29, 0.717) is 17.8 Å². The maximum atomic E-state index is 12.4. The molecule has 0 fully saturated rings. The predicted octanol–water partition coefficient (Wildman–Crippen LogP) is 1.81. The van der Waals surface area contributed by atoms with Gasteiger partial charge in [0, 0.05) is 18.8 Å². The van der Waals surface area contributed by atoms with Gasteiger partial charge in [-0.1, -0.05) is 11.6 Å². The lowest BCUT2D eigenvalue weighted by Gasteiger charge is -2.28. The van der Waals surface area contributed by atoms with Crippen molar-refractivity contribution in [3.63, 3.8) is 0 Å². The van der Waals surface area contributed by atoms with Gasteiger partial charge in [0.25, 0.3) is 5.91 Å². The first kappa shape index (κ1) is 14.5. The number of carbonyl (C=O) groups excluding carboxylic acids is 1. The maximum absolute atomic E-state index is 12.4. The summed E-state index contributed by atoms with van der Waals surface area (Å²) in [6, 6.07) is 5.39. The Bertz CT molecular complexity index is 436. The van der Waals surface area contributed by atoms with Crippen molar-refractivity contribution in [2.75, 3.05) is 18.8 Å². The summed E-state index contributed by atoms with van der Waals surface area (Å²) >= 11 is 0. The molecule has 0 aromatic heterocycles. The summed E-state index contributed by atoms with van der Waals surface area (Å²) < 4.78 is 0. The fourth-order valence-corrected chi connectivity index (χ4v) is 1.82. The van der Waals surface area contributed by atoms with Crippen LogP contribution < -0.4 is 5.73 Å². The standard InChI is InChI=1S/C14H22N2O2/c1-5-16(9-14(3,4)18)13(17)11-8-10(2)6-7-12(11)15/h6-8,18H,5,9,15H2,1-4H3. The van der Waals surface area contributed by atoms with Crippen molar-refractivity contribution in [3.8, 4) is 0 Å². The first-order valence-electron chi connectivity index (χ1n) is 6.12. The van der Waals surface area contributed by atoms with Gasteiger partial charge in [-0.05, 0) is 39.8 Å². The summed E-state index contributed by atoms with van der Waals surface area (Å²) in [5, 5.41) is 9.81. The third-order valence-electron chi connectivity index (χ3n) is 2.69. The van der Waals surface area contributed by atoms with E-state index in [0.717, 1.165) is 5.56 Å². The molecule has 4 nitrogen and oxygen atoms in total. The highest BCUT2D eigenvalue weighted by Gasteiger charge is 2.23. The van der Waals surface area contributed by atoms with Gasteiger partial charge in [0.05, 0.1) is 11.2 Å². The third-order valence-corrected chi connectivity index (χ3v) is 2.69. The number of carbonyl (C=O) groups is 1. The highest BCUT2D eigenvalue weighted by Crippen LogP contribution is 2.17. The quantitative estimate of drug-likeness (QED) is 0.801. The summed E-state index contributed by atoms with van der Waals surface area (Å²) in [5.41, 5.74) is 6.89. The average molecular weight is 250 g/mol. The number of nitrogen functional groups attached to an aromatic ring is 1. The van der Waals surface area contributed by atoms with Gasteiger partial charge >= 0.3 is 0 Å². The smallest absolute Gasteiger partial charge is 0.256 e. The van der Waals surface area contributed by atoms with Gasteiger partial charge < -0.3 is 15.7 Å². The Labute approximate surface area is 108 Å². The first-order chi connectivity index (χ1) is 8.24. The minimum absolute atomic E-state index is 0.138. The largest absolute Gasteiger partial charge is 0.398 e. The molecule has 0 aliphatic rings. The van der Waals surface area contributed by atoms with Gasteiger partial charge in [-0.15, -0.1) is 0 Å². The van der Waals surface area contributed by atoms with Crippen LogP contribution in [-0.2, 0) is 0 Å². The summed E-state index contributed by atoms with van der Waals surface area (Å²) in [4.78, 5) is 14.0. The predicted molar refractivity (Wildman–Crippen MR) is 73.5 cm³/mol. The topological polar surface area (TPSA) is 66.6 Å². The minimum atomic E-state index is -0.912. The van der Waals surface area contributed by atoms with E-state index in [9.17, 15) is 9.90 Å². The maximum Gasteiger partial charge on any atom is 0.256 e. The monoisotopic (exact) mass is 250 g/mol. The van der Waals surface area contributed by atoms with Crippen molar-refractivity contribution in [1.82, 2.24) is 4.90 Å². The van der Waals surface area contributed by atoms with E-state index >= 15 is 0 Å². The number of nitrogens with zero attached hydrogens (tertiary/aromatic N) is 1. The molecule has 1 aromatic carbocycles. The van der Waals surface area contributed by atoms with Gasteiger partial charge in [0.1, 0.15) is 0 Å². The molecular weight excluding hydrogens is 228 g/mol. The number of rotatable bonds is 4. The minimum Gasteiger partial charge on any atom is -0.398 e. The Balaban J connectivity index is 3.00. The summed E-state index contributed by atoms with van der Waals surface area (Å²) in [6.45, 7) is 8.00. The molecule has 0 spiro atoms. The van der Waals surface area contributed by atoms with Crippen LogP contribution in [0.4, 0.5) is 5.69 Å². The second-order valence-corrected chi connectivity index (χ2v) is 5.22. The second-order valence-electron chi connectivity index (χ2n) is 5.22. The van der Waals surface area contributed by atoms with E-state index in [1.807, 2.05) is 19.9 Å². The highest BCUT2D eigenvalue weighted by atomic mass is 16.3. The van der Waals surface area contributed by atoms with Crippen LogP contribution in [0.15, 0.2) is 18.2 Å². The van der Waals surface area contributed by atoms with Crippen LogP contribution in [0.5, 0.6) is 0 Å². The zero-order valence-electron chi connectivity index (χ0n) is 11.5. The van der Waals surface area contributed by atoms with Crippen LogP contribution in [-0.4, -0.2) is 34.6 Å². The molecule has 0 saturated heterocycles. The molecule has 1 amide bonds. The van der Waals surface area contributed by atoms with E-state index in [1.54, 1.807) is 30.9 Å². The summed E-state index contributed by atoms with van der Waals surface area (Å²) in [5.74, 6) is -0.138. The Morgan fingerprint density at radius 3 is 2.56 bits per heavy atom. The molecule has 1 rings (SSSR count). The van der Waals surface area contributed by atoms with Crippen molar-refractivity contribution in [2.24, 2.45) is 0 Å². The SMILES string of the molecule is CCN(CC(C)(C)O)C(=O)c1cc(C)ccc1N. The molecular formula is C14H22N2O2. The van der Waals surface area contributed by atoms with Crippen LogP contribution in [0.25, 0.3) is 0 Å². The molecule has 0 atom stereocenters. The lowest BCUT2D eigenvalue weighted by Crippen LogP contribution is -2.42. The molecule has 18 heavy (non-hydrogen) atoms. The first-order valence-corrected chi connectivity index (χ1v) is 6.12. The number of benzene rings is 1. The highest BCUT2D eigenvalue weighted by molar-refractivity contribution is 5.99. The number of aliphatic hydroxyl groups is 1. The lowest BCUT2D eigenvalue weighted by atomic mass is 10.1. The zero-order chi connectivity index (χ0) is 13.9. The Morgan fingerprint density at radius 2 is 2.06 bits per heavy atom. The number of likely N-dealkylation sites (N-methyl/N-ethyl adjacent to an activating group) is 1. The Kier molecular flexibility index (Phi) is 4.35.